The zero-order valence-electron chi connectivity index (χ0n) is 12.9. The highest BCUT2D eigenvalue weighted by atomic mass is 35.5. The van der Waals surface area contributed by atoms with E-state index in [2.05, 4.69) is 4.98 Å². The summed E-state index contributed by atoms with van der Waals surface area (Å²) in [6.45, 7) is 0. The van der Waals surface area contributed by atoms with Gasteiger partial charge in [-0.2, -0.15) is 0 Å². The van der Waals surface area contributed by atoms with E-state index in [4.69, 9.17) is 23.2 Å². The van der Waals surface area contributed by atoms with Gasteiger partial charge in [-0.3, -0.25) is 14.9 Å². The van der Waals surface area contributed by atoms with Crippen molar-refractivity contribution >= 4 is 47.2 Å². The van der Waals surface area contributed by atoms with Crippen LogP contribution in [0.25, 0.3) is 11.1 Å². The quantitative estimate of drug-likeness (QED) is 0.335. The molecule has 1 aromatic heterocycles. The van der Waals surface area contributed by atoms with E-state index in [0.29, 0.717) is 28.7 Å². The van der Waals surface area contributed by atoms with Gasteiger partial charge in [0.05, 0.1) is 21.9 Å². The molecule has 1 aromatic carbocycles. The number of hydrogen-bond donors (Lipinski definition) is 1. The molecule has 9 heteroatoms. The van der Waals surface area contributed by atoms with Crippen LogP contribution in [0.1, 0.15) is 19.3 Å². The summed E-state index contributed by atoms with van der Waals surface area (Å²) in [5.74, 6) is -0.169. The summed E-state index contributed by atoms with van der Waals surface area (Å²) in [5, 5.41) is 11.4. The molecule has 0 saturated carbocycles. The smallest absolute Gasteiger partial charge is 0.295 e. The van der Waals surface area contributed by atoms with Crippen molar-refractivity contribution < 1.29 is 19.3 Å². The standard InChI is InChI=1S/C10H6Cl2N2O2.C6H8O3/c11-8-3-1-2-6(10(8)14(15)16)7-4-13-5-9(7)12;7-4-1-2-6(9)3-5-8/h1-5,13H;4-5H,1-3H2. The van der Waals surface area contributed by atoms with Gasteiger partial charge in [0.15, 0.2) is 0 Å². The number of H-pyrrole nitrogens is 1. The number of carbonyl (C=O) groups excluding carboxylic acids is 3. The number of aldehydes is 2. The fraction of sp³-hybridized carbons (Fsp3) is 0.188. The number of para-hydroxylation sites is 1. The van der Waals surface area contributed by atoms with E-state index in [1.807, 2.05) is 0 Å². The number of ketones is 1. The van der Waals surface area contributed by atoms with Crippen molar-refractivity contribution in [3.8, 4) is 11.1 Å². The largest absolute Gasteiger partial charge is 0.366 e. The lowest BCUT2D eigenvalue weighted by atomic mass is 10.1. The van der Waals surface area contributed by atoms with Gasteiger partial charge in [-0.05, 0) is 12.1 Å². The first-order valence-electron chi connectivity index (χ1n) is 7.06. The molecule has 7 nitrogen and oxygen atoms in total. The summed E-state index contributed by atoms with van der Waals surface area (Å²) >= 11 is 11.7. The molecule has 2 rings (SSSR count). The molecule has 0 unspecified atom stereocenters. The summed E-state index contributed by atoms with van der Waals surface area (Å²) in [7, 11) is 0. The lowest BCUT2D eigenvalue weighted by Gasteiger charge is -2.02. The molecule has 0 amide bonds. The van der Waals surface area contributed by atoms with Crippen LogP contribution in [0.15, 0.2) is 30.6 Å². The van der Waals surface area contributed by atoms with Gasteiger partial charge < -0.3 is 14.6 Å². The van der Waals surface area contributed by atoms with Crippen LogP contribution in [0.3, 0.4) is 0 Å². The Morgan fingerprint density at radius 3 is 2.36 bits per heavy atom. The fourth-order valence-electron chi connectivity index (χ4n) is 1.88. The minimum atomic E-state index is -0.513. The Morgan fingerprint density at radius 1 is 1.12 bits per heavy atom. The normalized spacial score (nSPS) is 9.68. The molecular formula is C16H14Cl2N2O5. The highest BCUT2D eigenvalue weighted by Crippen LogP contribution is 2.38. The Bertz CT molecular complexity index is 774. The molecule has 1 heterocycles. The van der Waals surface area contributed by atoms with Gasteiger partial charge in [-0.15, -0.1) is 0 Å². The molecule has 1 N–H and O–H groups in total. The summed E-state index contributed by atoms with van der Waals surface area (Å²) in [6, 6.07) is 4.73. The number of aromatic nitrogens is 1. The maximum absolute atomic E-state index is 10.9. The average molecular weight is 385 g/mol. The topological polar surface area (TPSA) is 110 Å². The number of Topliss-reactive ketones (excluding diaryl/α,β-unsaturated/α-hetero) is 1. The van der Waals surface area contributed by atoms with Gasteiger partial charge >= 0.3 is 0 Å². The zero-order valence-corrected chi connectivity index (χ0v) is 14.4. The third kappa shape index (κ3) is 6.13. The Balaban J connectivity index is 0.000000299. The Kier molecular flexibility index (Phi) is 8.52. The van der Waals surface area contributed by atoms with Crippen LogP contribution in [0, 0.1) is 10.1 Å². The molecule has 0 atom stereocenters. The first-order valence-corrected chi connectivity index (χ1v) is 7.82. The van der Waals surface area contributed by atoms with E-state index in [1.54, 1.807) is 24.5 Å². The highest BCUT2D eigenvalue weighted by Gasteiger charge is 2.21. The maximum Gasteiger partial charge on any atom is 0.295 e. The van der Waals surface area contributed by atoms with Gasteiger partial charge in [0.1, 0.15) is 23.4 Å². The first kappa shape index (κ1) is 20.5. The van der Waals surface area contributed by atoms with Gasteiger partial charge in [-0.25, -0.2) is 0 Å². The first-order chi connectivity index (χ1) is 11.9. The fourth-order valence-corrected chi connectivity index (χ4v) is 2.35. The number of nitro benzene ring substituents is 1. The zero-order chi connectivity index (χ0) is 18.8. The number of nitrogens with one attached hydrogen (secondary N) is 1. The predicted octanol–water partition coefficient (Wildman–Crippen LogP) is 4.02. The van der Waals surface area contributed by atoms with Gasteiger partial charge in [-0.1, -0.05) is 29.3 Å². The molecule has 0 radical (unpaired) electrons. The SMILES string of the molecule is O=CCCC(=O)CC=O.O=[N+]([O-])c1c(Cl)cccc1-c1c[nH]cc1Cl. The number of benzene rings is 1. The van der Waals surface area contributed by atoms with Crippen molar-refractivity contribution in [3.05, 3.63) is 50.8 Å². The number of nitro groups is 1. The molecule has 0 fully saturated rings. The number of aromatic amines is 1. The number of hydrogen-bond acceptors (Lipinski definition) is 5. The maximum atomic E-state index is 10.9. The second-order valence-electron chi connectivity index (χ2n) is 4.72. The van der Waals surface area contributed by atoms with Crippen molar-refractivity contribution in [2.24, 2.45) is 0 Å². The molecule has 25 heavy (non-hydrogen) atoms. The van der Waals surface area contributed by atoms with E-state index in [9.17, 15) is 24.5 Å². The van der Waals surface area contributed by atoms with Crippen LogP contribution in [-0.2, 0) is 14.4 Å². The van der Waals surface area contributed by atoms with E-state index in [0.717, 1.165) is 0 Å². The van der Waals surface area contributed by atoms with Crippen molar-refractivity contribution in [2.45, 2.75) is 19.3 Å². The molecule has 0 bridgehead atoms. The molecule has 0 saturated heterocycles. The van der Waals surface area contributed by atoms with E-state index < -0.39 is 4.92 Å². The van der Waals surface area contributed by atoms with Gasteiger partial charge in [0.2, 0.25) is 0 Å². The molecule has 0 aliphatic rings. The van der Waals surface area contributed by atoms with E-state index in [-0.39, 0.29) is 35.8 Å². The molecule has 0 spiro atoms. The molecule has 0 aliphatic heterocycles. The average Bonchev–Trinajstić information content (AvgIpc) is 2.99. The van der Waals surface area contributed by atoms with Crippen LogP contribution in [0.4, 0.5) is 5.69 Å². The second-order valence-corrected chi connectivity index (χ2v) is 5.54. The van der Waals surface area contributed by atoms with E-state index in [1.165, 1.54) is 6.07 Å². The van der Waals surface area contributed by atoms with Crippen LogP contribution >= 0.6 is 23.2 Å². The Morgan fingerprint density at radius 2 is 1.84 bits per heavy atom. The van der Waals surface area contributed by atoms with Gasteiger partial charge in [0, 0.05) is 30.8 Å². The minimum absolute atomic E-state index is 0.0617. The molecule has 2 aromatic rings. The van der Waals surface area contributed by atoms with E-state index >= 15 is 0 Å². The Hall–Kier alpha value is -2.51. The summed E-state index contributed by atoms with van der Waals surface area (Å²) in [6.07, 6.45) is 4.74. The summed E-state index contributed by atoms with van der Waals surface area (Å²) in [5.41, 5.74) is 0.838. The lowest BCUT2D eigenvalue weighted by Crippen LogP contribution is -1.97. The van der Waals surface area contributed by atoms with Crippen molar-refractivity contribution in [2.75, 3.05) is 0 Å². The second kappa shape index (κ2) is 10.4. The van der Waals surface area contributed by atoms with Crippen molar-refractivity contribution in [1.82, 2.24) is 4.98 Å². The van der Waals surface area contributed by atoms with Crippen LogP contribution in [-0.4, -0.2) is 28.3 Å². The minimum Gasteiger partial charge on any atom is -0.366 e. The van der Waals surface area contributed by atoms with Crippen molar-refractivity contribution in [1.29, 1.82) is 0 Å². The van der Waals surface area contributed by atoms with Crippen LogP contribution < -0.4 is 0 Å². The third-order valence-electron chi connectivity index (χ3n) is 3.01. The number of halogens is 2. The lowest BCUT2D eigenvalue weighted by molar-refractivity contribution is -0.384. The molecular weight excluding hydrogens is 371 g/mol. The van der Waals surface area contributed by atoms with Crippen molar-refractivity contribution in [3.63, 3.8) is 0 Å². The molecule has 0 aliphatic carbocycles. The number of rotatable bonds is 7. The van der Waals surface area contributed by atoms with Crippen LogP contribution in [0.2, 0.25) is 10.0 Å². The number of carbonyl (C=O) groups is 3. The summed E-state index contributed by atoms with van der Waals surface area (Å²) in [4.78, 5) is 42.9. The monoisotopic (exact) mass is 384 g/mol. The number of nitrogens with zero attached hydrogens (tertiary/aromatic N) is 1. The predicted molar refractivity (Wildman–Crippen MR) is 93.9 cm³/mol. The third-order valence-corrected chi connectivity index (χ3v) is 3.62. The summed E-state index contributed by atoms with van der Waals surface area (Å²) < 4.78 is 0. The van der Waals surface area contributed by atoms with Gasteiger partial charge in [0.25, 0.3) is 5.69 Å². The molecule has 132 valence electrons. The Labute approximate surface area is 153 Å². The van der Waals surface area contributed by atoms with Crippen LogP contribution in [0.5, 0.6) is 0 Å². The highest BCUT2D eigenvalue weighted by molar-refractivity contribution is 6.35.